The molecule has 0 aliphatic carbocycles. The zero-order chi connectivity index (χ0) is 13.1. The van der Waals surface area contributed by atoms with E-state index in [1.807, 2.05) is 6.08 Å². The Labute approximate surface area is 107 Å². The molecule has 0 rings (SSSR count). The van der Waals surface area contributed by atoms with E-state index in [1.165, 1.54) is 44.1 Å². The number of allylic oxidation sites excluding steroid dienone is 3. The molecule has 17 heavy (non-hydrogen) atoms. The first-order valence-electron chi connectivity index (χ1n) is 7.01. The van der Waals surface area contributed by atoms with Gasteiger partial charge in [-0.1, -0.05) is 51.7 Å². The summed E-state index contributed by atoms with van der Waals surface area (Å²) in [6, 6.07) is 0. The van der Waals surface area contributed by atoms with Crippen molar-refractivity contribution in [3.05, 3.63) is 23.8 Å². The number of carbonyl (C=O) groups is 1. The Bertz CT molecular complexity index is 249. The molecule has 0 aliphatic heterocycles. The molecular formula is C16H28O. The third-order valence-corrected chi connectivity index (χ3v) is 2.96. The van der Waals surface area contributed by atoms with Crippen molar-refractivity contribution in [2.75, 3.05) is 0 Å². The lowest BCUT2D eigenvalue weighted by Crippen LogP contribution is -1.97. The average molecular weight is 236 g/mol. The van der Waals surface area contributed by atoms with Crippen LogP contribution in [0.1, 0.15) is 72.1 Å². The summed E-state index contributed by atoms with van der Waals surface area (Å²) in [7, 11) is 0. The summed E-state index contributed by atoms with van der Waals surface area (Å²) in [4.78, 5) is 11.6. The summed E-state index contributed by atoms with van der Waals surface area (Å²) >= 11 is 0. The molecule has 0 amide bonds. The highest BCUT2D eigenvalue weighted by Gasteiger charge is 2.03. The number of carbonyl (C=O) groups excluding carboxylic acids is 1. The van der Waals surface area contributed by atoms with Gasteiger partial charge in [-0.15, -0.1) is 0 Å². The minimum Gasteiger partial charge on any atom is -0.290 e. The first-order valence-corrected chi connectivity index (χ1v) is 7.01. The lowest BCUT2D eigenvalue weighted by atomic mass is 9.99. The van der Waals surface area contributed by atoms with Crippen LogP contribution in [-0.4, -0.2) is 5.78 Å². The summed E-state index contributed by atoms with van der Waals surface area (Å²) in [5.41, 5.74) is 1.97. The van der Waals surface area contributed by atoms with Gasteiger partial charge >= 0.3 is 0 Å². The predicted molar refractivity (Wildman–Crippen MR) is 76.2 cm³/mol. The second-order valence-electron chi connectivity index (χ2n) is 4.86. The highest BCUT2D eigenvalue weighted by atomic mass is 16.1. The van der Waals surface area contributed by atoms with Crippen molar-refractivity contribution in [3.8, 4) is 0 Å². The first kappa shape index (κ1) is 16.1. The summed E-state index contributed by atoms with van der Waals surface area (Å²) in [5, 5.41) is 0. The molecule has 0 atom stereocenters. The fourth-order valence-electron chi connectivity index (χ4n) is 1.78. The van der Waals surface area contributed by atoms with Crippen molar-refractivity contribution in [1.82, 2.24) is 0 Å². The molecule has 0 saturated heterocycles. The Balaban J connectivity index is 4.27. The summed E-state index contributed by atoms with van der Waals surface area (Å²) < 4.78 is 0. The number of hydrogen-bond acceptors (Lipinski definition) is 1. The molecule has 0 bridgehead atoms. The molecule has 0 spiro atoms. The van der Waals surface area contributed by atoms with E-state index in [0.29, 0.717) is 5.57 Å². The van der Waals surface area contributed by atoms with Gasteiger partial charge in [0.2, 0.25) is 0 Å². The van der Waals surface area contributed by atoms with E-state index in [9.17, 15) is 4.79 Å². The van der Waals surface area contributed by atoms with E-state index in [1.54, 1.807) is 6.92 Å². The minimum absolute atomic E-state index is 0.105. The Hall–Kier alpha value is -0.850. The topological polar surface area (TPSA) is 17.1 Å². The molecule has 0 aromatic carbocycles. The van der Waals surface area contributed by atoms with Crippen LogP contribution in [0.4, 0.5) is 0 Å². The van der Waals surface area contributed by atoms with Crippen LogP contribution in [0.5, 0.6) is 0 Å². The lowest BCUT2D eigenvalue weighted by molar-refractivity contribution is -0.111. The second-order valence-corrected chi connectivity index (χ2v) is 4.86. The molecule has 1 nitrogen and oxygen atoms in total. The monoisotopic (exact) mass is 236 g/mol. The SMILES string of the molecule is C=C(C)C(=O)C=C(CCCCC)CCCCC. The molecule has 0 unspecified atom stereocenters. The van der Waals surface area contributed by atoms with Gasteiger partial charge in [-0.2, -0.15) is 0 Å². The number of unbranched alkanes of at least 4 members (excludes halogenated alkanes) is 4. The van der Waals surface area contributed by atoms with E-state index in [2.05, 4.69) is 20.4 Å². The van der Waals surface area contributed by atoms with Crippen LogP contribution < -0.4 is 0 Å². The molecule has 0 heterocycles. The molecule has 98 valence electrons. The minimum atomic E-state index is 0.105. The average Bonchev–Trinajstić information content (AvgIpc) is 2.29. The zero-order valence-corrected chi connectivity index (χ0v) is 11.8. The van der Waals surface area contributed by atoms with E-state index in [0.717, 1.165) is 12.8 Å². The maximum absolute atomic E-state index is 11.6. The van der Waals surface area contributed by atoms with Crippen LogP contribution >= 0.6 is 0 Å². The maximum atomic E-state index is 11.6. The third kappa shape index (κ3) is 8.91. The molecular weight excluding hydrogens is 208 g/mol. The molecule has 0 saturated carbocycles. The Morgan fingerprint density at radius 3 is 1.82 bits per heavy atom. The van der Waals surface area contributed by atoms with Crippen LogP contribution in [-0.2, 0) is 4.79 Å². The summed E-state index contributed by atoms with van der Waals surface area (Å²) in [6.07, 6.45) is 11.4. The number of rotatable bonds is 10. The normalized spacial score (nSPS) is 10.1. The lowest BCUT2D eigenvalue weighted by Gasteiger charge is -2.07. The van der Waals surface area contributed by atoms with E-state index in [4.69, 9.17) is 0 Å². The van der Waals surface area contributed by atoms with Crippen LogP contribution in [0.2, 0.25) is 0 Å². The fourth-order valence-corrected chi connectivity index (χ4v) is 1.78. The predicted octanol–water partition coefficient (Wildman–Crippen LogP) is 5.22. The Morgan fingerprint density at radius 2 is 1.47 bits per heavy atom. The van der Waals surface area contributed by atoms with Crippen molar-refractivity contribution in [1.29, 1.82) is 0 Å². The smallest absolute Gasteiger partial charge is 0.180 e. The molecule has 0 aromatic heterocycles. The van der Waals surface area contributed by atoms with E-state index < -0.39 is 0 Å². The van der Waals surface area contributed by atoms with Crippen LogP contribution in [0.15, 0.2) is 23.8 Å². The number of ketones is 1. The molecule has 0 fully saturated rings. The molecule has 0 N–H and O–H groups in total. The van der Waals surface area contributed by atoms with Gasteiger partial charge < -0.3 is 0 Å². The third-order valence-electron chi connectivity index (χ3n) is 2.96. The van der Waals surface area contributed by atoms with Crippen molar-refractivity contribution in [2.45, 2.75) is 72.1 Å². The van der Waals surface area contributed by atoms with E-state index >= 15 is 0 Å². The summed E-state index contributed by atoms with van der Waals surface area (Å²) in [6.45, 7) is 9.91. The maximum Gasteiger partial charge on any atom is 0.180 e. The van der Waals surface area contributed by atoms with Crippen molar-refractivity contribution in [3.63, 3.8) is 0 Å². The van der Waals surface area contributed by atoms with Gasteiger partial charge in [0.25, 0.3) is 0 Å². The molecule has 0 aliphatic rings. The van der Waals surface area contributed by atoms with Crippen molar-refractivity contribution < 1.29 is 4.79 Å². The van der Waals surface area contributed by atoms with Gasteiger partial charge in [0.15, 0.2) is 5.78 Å². The molecule has 0 aromatic rings. The molecule has 0 radical (unpaired) electrons. The van der Waals surface area contributed by atoms with Gasteiger partial charge in [0.1, 0.15) is 0 Å². The van der Waals surface area contributed by atoms with Gasteiger partial charge in [0.05, 0.1) is 0 Å². The van der Waals surface area contributed by atoms with Crippen LogP contribution in [0.3, 0.4) is 0 Å². The van der Waals surface area contributed by atoms with Gasteiger partial charge in [-0.3, -0.25) is 4.79 Å². The zero-order valence-electron chi connectivity index (χ0n) is 11.8. The van der Waals surface area contributed by atoms with Gasteiger partial charge in [-0.05, 0) is 44.3 Å². The largest absolute Gasteiger partial charge is 0.290 e. The quantitative estimate of drug-likeness (QED) is 0.375. The molecule has 1 heteroatoms. The van der Waals surface area contributed by atoms with Crippen LogP contribution in [0, 0.1) is 0 Å². The highest BCUT2D eigenvalue weighted by molar-refractivity contribution is 6.03. The Kier molecular flexibility index (Phi) is 9.80. The number of hydrogen-bond donors (Lipinski definition) is 0. The van der Waals surface area contributed by atoms with Gasteiger partial charge in [0, 0.05) is 0 Å². The summed E-state index contributed by atoms with van der Waals surface area (Å²) in [5.74, 6) is 0.105. The standard InChI is InChI=1S/C16H28O/c1-5-7-9-11-15(12-10-8-6-2)13-16(17)14(3)4/h13H,3,5-12H2,1-2,4H3. The second kappa shape index (κ2) is 10.3. The first-order chi connectivity index (χ1) is 8.11. The van der Waals surface area contributed by atoms with E-state index in [-0.39, 0.29) is 5.78 Å². The Morgan fingerprint density at radius 1 is 1.00 bits per heavy atom. The van der Waals surface area contributed by atoms with Gasteiger partial charge in [-0.25, -0.2) is 0 Å². The van der Waals surface area contributed by atoms with Crippen molar-refractivity contribution >= 4 is 5.78 Å². The fraction of sp³-hybridized carbons (Fsp3) is 0.688. The highest BCUT2D eigenvalue weighted by Crippen LogP contribution is 2.17. The van der Waals surface area contributed by atoms with Crippen molar-refractivity contribution in [2.24, 2.45) is 0 Å². The van der Waals surface area contributed by atoms with Crippen LogP contribution in [0.25, 0.3) is 0 Å².